The van der Waals surface area contributed by atoms with Crippen LogP contribution in [0, 0.1) is 0 Å². The molecule has 2 aromatic carbocycles. The summed E-state index contributed by atoms with van der Waals surface area (Å²) >= 11 is 0. The normalized spacial score (nSPS) is 19.2. The van der Waals surface area contributed by atoms with Gasteiger partial charge in [-0.3, -0.25) is 4.79 Å². The van der Waals surface area contributed by atoms with Gasteiger partial charge in [0, 0.05) is 19.6 Å². The van der Waals surface area contributed by atoms with Crippen LogP contribution < -0.4 is 10.3 Å². The van der Waals surface area contributed by atoms with Crippen molar-refractivity contribution in [2.45, 2.75) is 38.1 Å². The SMILES string of the molecule is Br.CN(C)N1C(=O)C(CCNC(C)(C)C)(c2ccccc2)c2ccccc21. The Bertz CT molecular complexity index is 786. The molecule has 0 aliphatic carbocycles. The molecule has 0 spiro atoms. The lowest BCUT2D eigenvalue weighted by atomic mass is 9.72. The fourth-order valence-electron chi connectivity index (χ4n) is 3.83. The van der Waals surface area contributed by atoms with E-state index in [1.807, 2.05) is 55.5 Å². The number of amides is 1. The predicted molar refractivity (Wildman–Crippen MR) is 118 cm³/mol. The number of benzene rings is 2. The summed E-state index contributed by atoms with van der Waals surface area (Å²) in [4.78, 5) is 13.7. The second-order valence-corrected chi connectivity index (χ2v) is 8.18. The summed E-state index contributed by atoms with van der Waals surface area (Å²) in [6.45, 7) is 7.22. The van der Waals surface area contributed by atoms with Crippen LogP contribution in [0.3, 0.4) is 0 Å². The summed E-state index contributed by atoms with van der Waals surface area (Å²) in [5.41, 5.74) is 2.46. The van der Waals surface area contributed by atoms with Gasteiger partial charge in [0.2, 0.25) is 0 Å². The number of anilines is 1. The Hall–Kier alpha value is -1.69. The van der Waals surface area contributed by atoms with E-state index >= 15 is 0 Å². The van der Waals surface area contributed by atoms with Crippen LogP contribution in [-0.2, 0) is 10.2 Å². The largest absolute Gasteiger partial charge is 0.312 e. The van der Waals surface area contributed by atoms with Gasteiger partial charge in [0.15, 0.2) is 0 Å². The number of hydrazine groups is 1. The Morgan fingerprint density at radius 1 is 1.00 bits per heavy atom. The van der Waals surface area contributed by atoms with Crippen molar-refractivity contribution in [3.05, 3.63) is 65.7 Å². The summed E-state index contributed by atoms with van der Waals surface area (Å²) in [6, 6.07) is 18.3. The minimum absolute atomic E-state index is 0. The highest BCUT2D eigenvalue weighted by molar-refractivity contribution is 8.93. The maximum atomic E-state index is 13.7. The number of hydrogen-bond donors (Lipinski definition) is 1. The third-order valence-electron chi connectivity index (χ3n) is 4.97. The van der Waals surface area contributed by atoms with Crippen LogP contribution in [0.5, 0.6) is 0 Å². The van der Waals surface area contributed by atoms with E-state index in [0.29, 0.717) is 6.42 Å². The second-order valence-electron chi connectivity index (χ2n) is 8.18. The Labute approximate surface area is 173 Å². The number of halogens is 1. The fourth-order valence-corrected chi connectivity index (χ4v) is 3.83. The van der Waals surface area contributed by atoms with Crippen molar-refractivity contribution in [2.24, 2.45) is 0 Å². The summed E-state index contributed by atoms with van der Waals surface area (Å²) in [7, 11) is 3.84. The first-order chi connectivity index (χ1) is 12.3. The van der Waals surface area contributed by atoms with Gasteiger partial charge < -0.3 is 5.32 Å². The molecule has 4 nitrogen and oxygen atoms in total. The molecule has 146 valence electrons. The van der Waals surface area contributed by atoms with E-state index in [1.54, 1.807) is 5.01 Å². The van der Waals surface area contributed by atoms with Crippen molar-refractivity contribution in [2.75, 3.05) is 25.6 Å². The molecule has 0 saturated carbocycles. The molecule has 0 aromatic heterocycles. The topological polar surface area (TPSA) is 35.6 Å². The second kappa shape index (κ2) is 8.13. The minimum Gasteiger partial charge on any atom is -0.312 e. The zero-order chi connectivity index (χ0) is 18.9. The zero-order valence-corrected chi connectivity index (χ0v) is 18.5. The van der Waals surface area contributed by atoms with E-state index in [0.717, 1.165) is 23.4 Å². The van der Waals surface area contributed by atoms with E-state index in [2.05, 4.69) is 44.3 Å². The highest BCUT2D eigenvalue weighted by atomic mass is 79.9. The third kappa shape index (κ3) is 3.96. The molecule has 1 heterocycles. The van der Waals surface area contributed by atoms with E-state index in [-0.39, 0.29) is 28.4 Å². The van der Waals surface area contributed by atoms with Gasteiger partial charge in [0.05, 0.1) is 5.69 Å². The van der Waals surface area contributed by atoms with Gasteiger partial charge in [-0.1, -0.05) is 48.5 Å². The van der Waals surface area contributed by atoms with Gasteiger partial charge in [-0.05, 0) is 50.9 Å². The van der Waals surface area contributed by atoms with E-state index < -0.39 is 5.41 Å². The first-order valence-electron chi connectivity index (χ1n) is 9.19. The molecule has 3 rings (SSSR count). The average molecular weight is 432 g/mol. The number of carbonyl (C=O) groups is 1. The van der Waals surface area contributed by atoms with Crippen LogP contribution in [0.1, 0.15) is 38.3 Å². The highest BCUT2D eigenvalue weighted by Gasteiger charge is 2.52. The minimum atomic E-state index is -0.666. The quantitative estimate of drug-likeness (QED) is 0.771. The molecule has 0 bridgehead atoms. The fraction of sp³-hybridized carbons (Fsp3) is 0.409. The Balaban J connectivity index is 0.00000261. The molecule has 27 heavy (non-hydrogen) atoms. The van der Waals surface area contributed by atoms with Crippen molar-refractivity contribution >= 4 is 28.6 Å². The molecule has 1 aliphatic heterocycles. The first-order valence-corrected chi connectivity index (χ1v) is 9.19. The van der Waals surface area contributed by atoms with Crippen LogP contribution in [0.2, 0.25) is 0 Å². The van der Waals surface area contributed by atoms with Gasteiger partial charge in [0.1, 0.15) is 5.41 Å². The van der Waals surface area contributed by atoms with Gasteiger partial charge >= 0.3 is 0 Å². The number of rotatable bonds is 5. The molecular weight excluding hydrogens is 402 g/mol. The van der Waals surface area contributed by atoms with Crippen molar-refractivity contribution in [3.8, 4) is 0 Å². The number of hydrogen-bond acceptors (Lipinski definition) is 3. The molecule has 5 heteroatoms. The molecule has 1 unspecified atom stereocenters. The smallest absolute Gasteiger partial charge is 0.256 e. The van der Waals surface area contributed by atoms with Crippen LogP contribution in [-0.4, -0.2) is 37.1 Å². The highest BCUT2D eigenvalue weighted by Crippen LogP contribution is 2.48. The van der Waals surface area contributed by atoms with Crippen molar-refractivity contribution in [1.82, 2.24) is 10.3 Å². The van der Waals surface area contributed by atoms with Gasteiger partial charge in [-0.25, -0.2) is 10.0 Å². The van der Waals surface area contributed by atoms with Gasteiger partial charge in [0.25, 0.3) is 5.91 Å². The van der Waals surface area contributed by atoms with Crippen molar-refractivity contribution < 1.29 is 4.79 Å². The van der Waals surface area contributed by atoms with E-state index in [4.69, 9.17) is 0 Å². The lowest BCUT2D eigenvalue weighted by Crippen LogP contribution is -2.49. The summed E-state index contributed by atoms with van der Waals surface area (Å²) < 4.78 is 0. The zero-order valence-electron chi connectivity index (χ0n) is 16.8. The number of carbonyl (C=O) groups excluding carboxylic acids is 1. The van der Waals surface area contributed by atoms with E-state index in [9.17, 15) is 4.79 Å². The number of fused-ring (bicyclic) bond motifs is 1. The van der Waals surface area contributed by atoms with Crippen molar-refractivity contribution in [3.63, 3.8) is 0 Å². The molecule has 0 fully saturated rings. The number of nitrogens with zero attached hydrogens (tertiary/aromatic N) is 2. The monoisotopic (exact) mass is 431 g/mol. The van der Waals surface area contributed by atoms with Crippen LogP contribution in [0.25, 0.3) is 0 Å². The third-order valence-corrected chi connectivity index (χ3v) is 4.97. The lowest BCUT2D eigenvalue weighted by Gasteiger charge is -2.32. The predicted octanol–water partition coefficient (Wildman–Crippen LogP) is 4.15. The molecule has 0 saturated heterocycles. The molecule has 1 amide bonds. The van der Waals surface area contributed by atoms with E-state index in [1.165, 1.54) is 0 Å². The summed E-state index contributed by atoms with van der Waals surface area (Å²) in [6.07, 6.45) is 0.717. The Kier molecular flexibility index (Phi) is 6.51. The van der Waals surface area contributed by atoms with Gasteiger partial charge in [-0.2, -0.15) is 0 Å². The van der Waals surface area contributed by atoms with Crippen LogP contribution >= 0.6 is 17.0 Å². The molecule has 2 aromatic rings. The molecule has 0 radical (unpaired) electrons. The van der Waals surface area contributed by atoms with Crippen molar-refractivity contribution in [1.29, 1.82) is 0 Å². The summed E-state index contributed by atoms with van der Waals surface area (Å²) in [5.74, 6) is 0.116. The van der Waals surface area contributed by atoms with Crippen LogP contribution in [0.4, 0.5) is 5.69 Å². The van der Waals surface area contributed by atoms with Crippen LogP contribution in [0.15, 0.2) is 54.6 Å². The average Bonchev–Trinajstić information content (AvgIpc) is 2.84. The standard InChI is InChI=1S/C22H29N3O.BrH/c1-21(2,3)23-16-15-22(17-11-7-6-8-12-17)18-13-9-10-14-19(18)25(20(22)26)24(4)5;/h6-14,23H,15-16H2,1-5H3;1H. The Morgan fingerprint density at radius 2 is 1.59 bits per heavy atom. The van der Waals surface area contributed by atoms with Gasteiger partial charge in [-0.15, -0.1) is 17.0 Å². The summed E-state index contributed by atoms with van der Waals surface area (Å²) in [5, 5.41) is 7.24. The molecule has 1 aliphatic rings. The first kappa shape index (κ1) is 21.6. The maximum Gasteiger partial charge on any atom is 0.256 e. The molecular formula is C22H30BrN3O. The number of nitrogens with one attached hydrogen (secondary N) is 1. The number of para-hydroxylation sites is 1. The molecule has 1 atom stereocenters. The molecule has 1 N–H and O–H groups in total. The lowest BCUT2D eigenvalue weighted by molar-refractivity contribution is -0.124. The Morgan fingerprint density at radius 3 is 2.19 bits per heavy atom. The maximum absolute atomic E-state index is 13.7.